The summed E-state index contributed by atoms with van der Waals surface area (Å²) in [7, 11) is 0. The summed E-state index contributed by atoms with van der Waals surface area (Å²) in [5, 5.41) is 0. The minimum absolute atomic E-state index is 0.163. The van der Waals surface area contributed by atoms with Crippen LogP contribution in [0.1, 0.15) is 18.4 Å². The Kier molecular flexibility index (Phi) is 6.78. The summed E-state index contributed by atoms with van der Waals surface area (Å²) < 4.78 is 5.10. The van der Waals surface area contributed by atoms with Crippen LogP contribution in [0.15, 0.2) is 30.3 Å². The molecule has 0 aromatic heterocycles. The fourth-order valence-corrected chi connectivity index (χ4v) is 1.69. The lowest BCUT2D eigenvalue weighted by atomic mass is 9.97. The number of aldehydes is 1. The smallest absolute Gasteiger partial charge is 0.323 e. The molecule has 5 nitrogen and oxygen atoms in total. The minimum Gasteiger partial charge on any atom is -0.460 e. The Morgan fingerprint density at radius 1 is 1.32 bits per heavy atom. The van der Waals surface area contributed by atoms with Crippen LogP contribution in [0.25, 0.3) is 0 Å². The first-order chi connectivity index (χ1) is 9.19. The molecule has 0 fully saturated rings. The van der Waals surface area contributed by atoms with E-state index >= 15 is 0 Å². The highest BCUT2D eigenvalue weighted by Crippen LogP contribution is 2.10. The van der Waals surface area contributed by atoms with Gasteiger partial charge in [0.1, 0.15) is 18.9 Å². The van der Waals surface area contributed by atoms with Crippen molar-refractivity contribution in [1.82, 2.24) is 0 Å². The highest BCUT2D eigenvalue weighted by atomic mass is 16.5. The summed E-state index contributed by atoms with van der Waals surface area (Å²) >= 11 is 0. The molecule has 2 unspecified atom stereocenters. The second-order valence-electron chi connectivity index (χ2n) is 4.35. The van der Waals surface area contributed by atoms with Crippen LogP contribution >= 0.6 is 0 Å². The van der Waals surface area contributed by atoms with Gasteiger partial charge in [-0.25, -0.2) is 0 Å². The molecule has 19 heavy (non-hydrogen) atoms. The van der Waals surface area contributed by atoms with Gasteiger partial charge in [-0.15, -0.1) is 0 Å². The molecule has 0 radical (unpaired) electrons. The van der Waals surface area contributed by atoms with Gasteiger partial charge >= 0.3 is 5.97 Å². The zero-order valence-electron chi connectivity index (χ0n) is 10.8. The summed E-state index contributed by atoms with van der Waals surface area (Å²) in [5.41, 5.74) is 12.0. The van der Waals surface area contributed by atoms with Crippen LogP contribution in [-0.2, 0) is 20.9 Å². The Balaban J connectivity index is 2.45. The molecule has 1 aromatic rings. The summed E-state index contributed by atoms with van der Waals surface area (Å²) in [5.74, 6) is -1.09. The number of nitrogens with two attached hydrogens (primary N) is 2. The van der Waals surface area contributed by atoms with Gasteiger partial charge < -0.3 is 21.0 Å². The molecule has 0 saturated carbocycles. The molecule has 104 valence electrons. The lowest BCUT2D eigenvalue weighted by molar-refractivity contribution is -0.148. The average Bonchev–Trinajstić information content (AvgIpc) is 2.46. The molecule has 1 rings (SSSR count). The zero-order chi connectivity index (χ0) is 14.1. The van der Waals surface area contributed by atoms with Crippen LogP contribution in [0.3, 0.4) is 0 Å². The van der Waals surface area contributed by atoms with Crippen LogP contribution in [0.4, 0.5) is 0 Å². The maximum absolute atomic E-state index is 11.7. The van der Waals surface area contributed by atoms with E-state index in [1.165, 1.54) is 0 Å². The lowest BCUT2D eigenvalue weighted by Gasteiger charge is -2.17. The van der Waals surface area contributed by atoms with Crippen molar-refractivity contribution in [2.75, 3.05) is 6.54 Å². The maximum atomic E-state index is 11.7. The molecule has 0 saturated heterocycles. The maximum Gasteiger partial charge on any atom is 0.323 e. The molecule has 4 N–H and O–H groups in total. The van der Waals surface area contributed by atoms with Gasteiger partial charge in [0.2, 0.25) is 0 Å². The standard InChI is InChI=1S/C14H20N2O3/c15-8-4-7-12(9-17)13(16)14(18)19-10-11-5-2-1-3-6-11/h1-3,5-6,9,12-13H,4,7-8,10,15-16H2. The molecule has 0 spiro atoms. The number of ether oxygens (including phenoxy) is 1. The average molecular weight is 264 g/mol. The van der Waals surface area contributed by atoms with Crippen LogP contribution in [0, 0.1) is 5.92 Å². The van der Waals surface area contributed by atoms with Gasteiger partial charge in [-0.1, -0.05) is 30.3 Å². The lowest BCUT2D eigenvalue weighted by Crippen LogP contribution is -2.40. The van der Waals surface area contributed by atoms with Gasteiger partial charge in [0, 0.05) is 5.92 Å². The van der Waals surface area contributed by atoms with Crippen molar-refractivity contribution >= 4 is 12.3 Å². The second kappa shape index (κ2) is 8.39. The Morgan fingerprint density at radius 2 is 2.00 bits per heavy atom. The monoisotopic (exact) mass is 264 g/mol. The minimum atomic E-state index is -0.923. The zero-order valence-corrected chi connectivity index (χ0v) is 10.8. The molecule has 5 heteroatoms. The Morgan fingerprint density at radius 3 is 2.58 bits per heavy atom. The summed E-state index contributed by atoms with van der Waals surface area (Å²) in [6, 6.07) is 8.38. The van der Waals surface area contributed by atoms with Gasteiger partial charge in [-0.05, 0) is 24.9 Å². The van der Waals surface area contributed by atoms with Gasteiger partial charge in [-0.3, -0.25) is 4.79 Å². The molecule has 0 aliphatic heterocycles. The highest BCUT2D eigenvalue weighted by molar-refractivity contribution is 5.79. The van der Waals surface area contributed by atoms with E-state index in [0.29, 0.717) is 25.7 Å². The Hall–Kier alpha value is -1.72. The first-order valence-electron chi connectivity index (χ1n) is 6.30. The quantitative estimate of drug-likeness (QED) is 0.530. The van der Waals surface area contributed by atoms with E-state index in [2.05, 4.69) is 0 Å². The topological polar surface area (TPSA) is 95.4 Å². The summed E-state index contributed by atoms with van der Waals surface area (Å²) in [4.78, 5) is 22.6. The van der Waals surface area contributed by atoms with Gasteiger partial charge in [-0.2, -0.15) is 0 Å². The number of esters is 1. The van der Waals surface area contributed by atoms with Gasteiger partial charge in [0.05, 0.1) is 0 Å². The first kappa shape index (κ1) is 15.3. The molecular formula is C14H20N2O3. The van der Waals surface area contributed by atoms with Crippen molar-refractivity contribution in [2.45, 2.75) is 25.5 Å². The van der Waals surface area contributed by atoms with Crippen LogP contribution < -0.4 is 11.5 Å². The van der Waals surface area contributed by atoms with Crippen LogP contribution in [-0.4, -0.2) is 24.8 Å². The molecular weight excluding hydrogens is 244 g/mol. The molecule has 0 amide bonds. The third-order valence-electron chi connectivity index (χ3n) is 2.87. The third kappa shape index (κ3) is 5.19. The second-order valence-corrected chi connectivity index (χ2v) is 4.35. The summed E-state index contributed by atoms with van der Waals surface area (Å²) in [6.07, 6.45) is 1.86. The van der Waals surface area contributed by atoms with E-state index < -0.39 is 17.9 Å². The molecule has 2 atom stereocenters. The van der Waals surface area contributed by atoms with Crippen molar-refractivity contribution in [3.8, 4) is 0 Å². The van der Waals surface area contributed by atoms with Crippen LogP contribution in [0.5, 0.6) is 0 Å². The van der Waals surface area contributed by atoms with Crippen molar-refractivity contribution in [3.05, 3.63) is 35.9 Å². The fraction of sp³-hybridized carbons (Fsp3) is 0.429. The predicted molar refractivity (Wildman–Crippen MR) is 72.1 cm³/mol. The SMILES string of the molecule is NCCCC(C=O)C(N)C(=O)OCc1ccccc1. The van der Waals surface area contributed by atoms with Crippen molar-refractivity contribution in [3.63, 3.8) is 0 Å². The predicted octanol–water partition coefficient (Wildman–Crippen LogP) is 0.611. The third-order valence-corrected chi connectivity index (χ3v) is 2.87. The van der Waals surface area contributed by atoms with Crippen molar-refractivity contribution in [2.24, 2.45) is 17.4 Å². The number of rotatable bonds is 8. The van der Waals surface area contributed by atoms with E-state index in [-0.39, 0.29) is 6.61 Å². The van der Waals surface area contributed by atoms with Crippen molar-refractivity contribution < 1.29 is 14.3 Å². The molecule has 0 aliphatic carbocycles. The van der Waals surface area contributed by atoms with E-state index in [4.69, 9.17) is 16.2 Å². The number of benzene rings is 1. The normalized spacial score (nSPS) is 13.6. The first-order valence-corrected chi connectivity index (χ1v) is 6.30. The van der Waals surface area contributed by atoms with E-state index in [9.17, 15) is 9.59 Å². The van der Waals surface area contributed by atoms with E-state index in [0.717, 1.165) is 5.56 Å². The number of carbonyl (C=O) groups is 2. The number of carbonyl (C=O) groups excluding carboxylic acids is 2. The fourth-order valence-electron chi connectivity index (χ4n) is 1.69. The number of hydrogen-bond donors (Lipinski definition) is 2. The number of hydrogen-bond acceptors (Lipinski definition) is 5. The Labute approximate surface area is 112 Å². The molecule has 0 bridgehead atoms. The van der Waals surface area contributed by atoms with Gasteiger partial charge in [0.25, 0.3) is 0 Å². The molecule has 0 aliphatic rings. The molecule has 1 aromatic carbocycles. The van der Waals surface area contributed by atoms with E-state index in [1.807, 2.05) is 30.3 Å². The van der Waals surface area contributed by atoms with Crippen LogP contribution in [0.2, 0.25) is 0 Å². The Bertz CT molecular complexity index is 395. The summed E-state index contributed by atoms with van der Waals surface area (Å²) in [6.45, 7) is 0.631. The van der Waals surface area contributed by atoms with E-state index in [1.54, 1.807) is 0 Å². The van der Waals surface area contributed by atoms with Crippen molar-refractivity contribution in [1.29, 1.82) is 0 Å². The van der Waals surface area contributed by atoms with Gasteiger partial charge in [0.15, 0.2) is 0 Å². The highest BCUT2D eigenvalue weighted by Gasteiger charge is 2.25. The molecule has 0 heterocycles. The largest absolute Gasteiger partial charge is 0.460 e.